The number of hydrogen-bond acceptors (Lipinski definition) is 8. The Hall–Kier alpha value is -2.38. The number of hydrogen-bond donors (Lipinski definition) is 1. The summed E-state index contributed by atoms with van der Waals surface area (Å²) < 4.78 is 68.1. The van der Waals surface area contributed by atoms with E-state index in [0.717, 1.165) is 17.5 Å². The van der Waals surface area contributed by atoms with Crippen LogP contribution in [-0.2, 0) is 33.3 Å². The third-order valence-corrected chi connectivity index (χ3v) is 6.67. The summed E-state index contributed by atoms with van der Waals surface area (Å²) in [6.07, 6.45) is 3.33. The third kappa shape index (κ3) is 6.19. The van der Waals surface area contributed by atoms with Gasteiger partial charge in [0.05, 0.1) is 29.4 Å². The standard InChI is InChI=1S/C22H19N3O6S2.Na/c26-32(27,28)20-12-16-11-19(7-8-21(16)22(13-20)33(29,30)31)25(14-17-5-1-3-9-23-17)15-18-6-2-4-10-24-18;/h1-13H,14-15H2,(H,26,27,28)(H,29,30,31);/q;+1/p-1. The van der Waals surface area contributed by atoms with Crippen LogP contribution < -0.4 is 34.5 Å². The Bertz CT molecular complexity index is 1480. The van der Waals surface area contributed by atoms with Gasteiger partial charge in [-0.3, -0.25) is 14.5 Å². The van der Waals surface area contributed by atoms with Crippen LogP contribution in [0.1, 0.15) is 11.4 Å². The molecule has 170 valence electrons. The molecule has 2 heterocycles. The minimum absolute atomic E-state index is 0. The van der Waals surface area contributed by atoms with Crippen molar-refractivity contribution in [3.05, 3.63) is 90.5 Å². The maximum absolute atomic E-state index is 11.9. The zero-order valence-electron chi connectivity index (χ0n) is 18.1. The van der Waals surface area contributed by atoms with Gasteiger partial charge in [0.15, 0.2) is 0 Å². The van der Waals surface area contributed by atoms with E-state index in [2.05, 4.69) is 9.97 Å². The summed E-state index contributed by atoms with van der Waals surface area (Å²) in [6.45, 7) is 0.765. The Kier molecular flexibility index (Phi) is 8.09. The molecular formula is C22H18N3NaO6S2. The van der Waals surface area contributed by atoms with Gasteiger partial charge in [-0.25, -0.2) is 8.42 Å². The van der Waals surface area contributed by atoms with Crippen molar-refractivity contribution in [2.75, 3.05) is 4.90 Å². The van der Waals surface area contributed by atoms with E-state index in [0.29, 0.717) is 24.8 Å². The molecule has 0 saturated carbocycles. The first-order valence-corrected chi connectivity index (χ1v) is 12.5. The van der Waals surface area contributed by atoms with Crippen molar-refractivity contribution < 1.29 is 55.5 Å². The molecule has 0 unspecified atom stereocenters. The van der Waals surface area contributed by atoms with E-state index in [-0.39, 0.29) is 40.3 Å². The van der Waals surface area contributed by atoms with Gasteiger partial charge in [0.1, 0.15) is 15.0 Å². The molecule has 0 atom stereocenters. The molecule has 0 fully saturated rings. The molecule has 0 aliphatic heterocycles. The van der Waals surface area contributed by atoms with Crippen LogP contribution >= 0.6 is 0 Å². The van der Waals surface area contributed by atoms with Gasteiger partial charge in [0.2, 0.25) is 0 Å². The van der Waals surface area contributed by atoms with Crippen LogP contribution in [-0.4, -0.2) is 35.9 Å². The van der Waals surface area contributed by atoms with Crippen molar-refractivity contribution in [3.8, 4) is 0 Å². The molecule has 0 amide bonds. The van der Waals surface area contributed by atoms with Gasteiger partial charge in [0.25, 0.3) is 10.1 Å². The number of pyridine rings is 2. The van der Waals surface area contributed by atoms with Crippen LogP contribution in [0.5, 0.6) is 0 Å². The summed E-state index contributed by atoms with van der Waals surface area (Å²) in [5.41, 5.74) is 2.15. The van der Waals surface area contributed by atoms with Gasteiger partial charge in [-0.05, 0) is 53.9 Å². The normalized spacial score (nSPS) is 11.7. The van der Waals surface area contributed by atoms with Crippen LogP contribution in [0, 0.1) is 0 Å². The largest absolute Gasteiger partial charge is 1.00 e. The van der Waals surface area contributed by atoms with Crippen molar-refractivity contribution in [1.82, 2.24) is 9.97 Å². The van der Waals surface area contributed by atoms with E-state index in [4.69, 9.17) is 0 Å². The van der Waals surface area contributed by atoms with Gasteiger partial charge in [-0.2, -0.15) is 8.42 Å². The zero-order valence-corrected chi connectivity index (χ0v) is 21.7. The Balaban J connectivity index is 0.00000324. The molecule has 2 aromatic carbocycles. The zero-order chi connectivity index (χ0) is 23.6. The van der Waals surface area contributed by atoms with Gasteiger partial charge in [0, 0.05) is 23.5 Å². The molecule has 0 spiro atoms. The number of fused-ring (bicyclic) bond motifs is 1. The fraction of sp³-hybridized carbons (Fsp3) is 0.0909. The molecule has 4 rings (SSSR count). The summed E-state index contributed by atoms with van der Waals surface area (Å²) in [6, 6.07) is 17.4. The first kappa shape index (κ1) is 26.2. The molecule has 0 aliphatic rings. The van der Waals surface area contributed by atoms with E-state index < -0.39 is 30.0 Å². The van der Waals surface area contributed by atoms with Crippen LogP contribution in [0.4, 0.5) is 5.69 Å². The Morgan fingerprint density at radius 2 is 1.41 bits per heavy atom. The molecule has 0 saturated heterocycles. The molecule has 4 aromatic rings. The summed E-state index contributed by atoms with van der Waals surface area (Å²) >= 11 is 0. The molecule has 0 radical (unpaired) electrons. The van der Waals surface area contributed by atoms with Gasteiger partial charge >= 0.3 is 29.6 Å². The Morgan fingerprint density at radius 3 is 1.88 bits per heavy atom. The van der Waals surface area contributed by atoms with Crippen LogP contribution in [0.2, 0.25) is 0 Å². The predicted octanol–water partition coefficient (Wildman–Crippen LogP) is -0.00860. The average molecular weight is 508 g/mol. The Labute approximate surface area is 219 Å². The van der Waals surface area contributed by atoms with Crippen molar-refractivity contribution in [3.63, 3.8) is 0 Å². The molecule has 12 heteroatoms. The number of rotatable bonds is 7. The second-order valence-corrected chi connectivity index (χ2v) is 10.0. The summed E-state index contributed by atoms with van der Waals surface area (Å²) in [4.78, 5) is 9.22. The van der Waals surface area contributed by atoms with E-state index in [9.17, 15) is 25.9 Å². The second-order valence-electron chi connectivity index (χ2n) is 7.25. The fourth-order valence-electron chi connectivity index (χ4n) is 3.46. The van der Waals surface area contributed by atoms with Crippen LogP contribution in [0.25, 0.3) is 10.8 Å². The van der Waals surface area contributed by atoms with Crippen LogP contribution in [0.15, 0.2) is 88.9 Å². The minimum atomic E-state index is -4.97. The second kappa shape index (κ2) is 10.5. The van der Waals surface area contributed by atoms with Crippen LogP contribution in [0.3, 0.4) is 0 Å². The predicted molar refractivity (Wildman–Crippen MR) is 120 cm³/mol. The van der Waals surface area contributed by atoms with Gasteiger partial charge in [-0.1, -0.05) is 18.2 Å². The molecule has 9 nitrogen and oxygen atoms in total. The molecule has 0 aliphatic carbocycles. The third-order valence-electron chi connectivity index (χ3n) is 4.96. The molecule has 34 heavy (non-hydrogen) atoms. The molecular weight excluding hydrogens is 489 g/mol. The van der Waals surface area contributed by atoms with E-state index in [1.165, 1.54) is 6.07 Å². The van der Waals surface area contributed by atoms with E-state index >= 15 is 0 Å². The van der Waals surface area contributed by atoms with Crippen molar-refractivity contribution in [2.24, 2.45) is 0 Å². The van der Waals surface area contributed by atoms with Crippen molar-refractivity contribution in [2.45, 2.75) is 22.9 Å². The SMILES string of the molecule is O=S(=O)([O-])c1cc(S(=O)(=O)O)c2ccc(N(Cc3ccccn3)Cc3ccccn3)cc2c1.[Na+]. The van der Waals surface area contributed by atoms with Gasteiger partial charge < -0.3 is 9.45 Å². The summed E-state index contributed by atoms with van der Waals surface area (Å²) in [7, 11) is -9.75. The van der Waals surface area contributed by atoms with E-state index in [1.54, 1.807) is 36.7 Å². The van der Waals surface area contributed by atoms with Crippen molar-refractivity contribution >= 4 is 36.7 Å². The summed E-state index contributed by atoms with van der Waals surface area (Å²) in [5, 5.41) is 0.258. The molecule has 0 bridgehead atoms. The smallest absolute Gasteiger partial charge is 0.744 e. The molecule has 2 aromatic heterocycles. The summed E-state index contributed by atoms with van der Waals surface area (Å²) in [5.74, 6) is 0. The number of benzene rings is 2. The first-order valence-electron chi connectivity index (χ1n) is 9.67. The van der Waals surface area contributed by atoms with Crippen molar-refractivity contribution in [1.29, 1.82) is 0 Å². The first-order chi connectivity index (χ1) is 15.6. The maximum Gasteiger partial charge on any atom is 1.00 e. The topological polar surface area (TPSA) is 141 Å². The minimum Gasteiger partial charge on any atom is -0.744 e. The fourth-order valence-corrected chi connectivity index (χ4v) is 4.81. The number of anilines is 1. The number of aromatic nitrogens is 2. The molecule has 1 N–H and O–H groups in total. The van der Waals surface area contributed by atoms with Gasteiger partial charge in [-0.15, -0.1) is 0 Å². The Morgan fingerprint density at radius 1 is 0.824 bits per heavy atom. The average Bonchev–Trinajstić information content (AvgIpc) is 2.77. The maximum atomic E-state index is 11.9. The number of nitrogens with zero attached hydrogens (tertiary/aromatic N) is 3. The quantitative estimate of drug-likeness (QED) is 0.270. The monoisotopic (exact) mass is 507 g/mol. The van der Waals surface area contributed by atoms with E-state index in [1.807, 2.05) is 29.2 Å².